The molecule has 29 heavy (non-hydrogen) atoms. The maximum atomic E-state index is 12.8. The molecule has 0 saturated carbocycles. The molecule has 0 aromatic carbocycles. The second kappa shape index (κ2) is 12.7. The minimum atomic E-state index is -1.53. The molecule has 10 nitrogen and oxygen atoms in total. The average Bonchev–Trinajstić information content (AvgIpc) is 2.65. The van der Waals surface area contributed by atoms with E-state index in [1.54, 1.807) is 20.8 Å². The van der Waals surface area contributed by atoms with E-state index in [1.807, 2.05) is 6.92 Å². The Balaban J connectivity index is 5.31. The summed E-state index contributed by atoms with van der Waals surface area (Å²) in [5.41, 5.74) is 5.84. The van der Waals surface area contributed by atoms with Gasteiger partial charge < -0.3 is 31.9 Å². The number of aliphatic carboxylic acids is 1. The van der Waals surface area contributed by atoms with Crippen LogP contribution in [0.2, 0.25) is 0 Å². The van der Waals surface area contributed by atoms with Gasteiger partial charge in [-0.1, -0.05) is 34.1 Å². The van der Waals surface area contributed by atoms with Gasteiger partial charge in [-0.25, -0.2) is 4.79 Å². The summed E-state index contributed by atoms with van der Waals surface area (Å²) in [4.78, 5) is 48.6. The number of thiol groups is 1. The van der Waals surface area contributed by atoms with E-state index in [1.165, 1.54) is 6.92 Å². The van der Waals surface area contributed by atoms with Gasteiger partial charge in [0.15, 0.2) is 6.04 Å². The van der Waals surface area contributed by atoms with E-state index >= 15 is 0 Å². The lowest BCUT2D eigenvalue weighted by Gasteiger charge is -2.28. The summed E-state index contributed by atoms with van der Waals surface area (Å²) in [7, 11) is 0. The third-order valence-corrected chi connectivity index (χ3v) is 5.04. The molecule has 0 aromatic rings. The predicted octanol–water partition coefficient (Wildman–Crippen LogP) is -1.13. The fraction of sp³-hybridized carbons (Fsp3) is 0.778. The van der Waals surface area contributed by atoms with Crippen molar-refractivity contribution in [2.24, 2.45) is 17.6 Å². The molecule has 6 atom stereocenters. The van der Waals surface area contributed by atoms with Gasteiger partial charge in [0.05, 0.1) is 12.1 Å². The first-order chi connectivity index (χ1) is 13.4. The van der Waals surface area contributed by atoms with Crippen LogP contribution in [0.3, 0.4) is 0 Å². The highest BCUT2D eigenvalue weighted by Crippen LogP contribution is 2.10. The van der Waals surface area contributed by atoms with Crippen LogP contribution >= 0.6 is 12.6 Å². The minimum absolute atomic E-state index is 0.115. The first-order valence-corrected chi connectivity index (χ1v) is 10.2. The first kappa shape index (κ1) is 27.1. The van der Waals surface area contributed by atoms with E-state index in [0.29, 0.717) is 6.42 Å². The van der Waals surface area contributed by atoms with Crippen LogP contribution in [-0.4, -0.2) is 69.9 Å². The quantitative estimate of drug-likeness (QED) is 0.190. The van der Waals surface area contributed by atoms with Gasteiger partial charge in [0.25, 0.3) is 0 Å². The Bertz CT molecular complexity index is 587. The Morgan fingerprint density at radius 2 is 1.45 bits per heavy atom. The highest BCUT2D eigenvalue weighted by atomic mass is 32.1. The highest BCUT2D eigenvalue weighted by Gasteiger charge is 2.33. The largest absolute Gasteiger partial charge is 0.480 e. The number of nitrogens with two attached hydrogens (primary N) is 1. The molecule has 0 aliphatic heterocycles. The number of nitrogens with one attached hydrogen (secondary N) is 3. The van der Waals surface area contributed by atoms with Crippen LogP contribution in [0, 0.1) is 11.8 Å². The number of aliphatic hydroxyl groups is 1. The Morgan fingerprint density at radius 1 is 0.931 bits per heavy atom. The molecule has 0 radical (unpaired) electrons. The zero-order chi connectivity index (χ0) is 22.9. The molecule has 168 valence electrons. The van der Waals surface area contributed by atoms with E-state index in [-0.39, 0.29) is 17.6 Å². The molecule has 0 aliphatic carbocycles. The summed E-state index contributed by atoms with van der Waals surface area (Å²) in [5.74, 6) is -3.80. The smallest absolute Gasteiger partial charge is 0.328 e. The summed E-state index contributed by atoms with van der Waals surface area (Å²) in [6, 6.07) is -4.41. The topological polar surface area (TPSA) is 171 Å². The van der Waals surface area contributed by atoms with Crippen molar-refractivity contribution in [3.8, 4) is 0 Å². The summed E-state index contributed by atoms with van der Waals surface area (Å²) in [5, 5.41) is 25.8. The van der Waals surface area contributed by atoms with Crippen molar-refractivity contribution in [1.29, 1.82) is 0 Å². The number of carboxylic acid groups (broad SMARTS) is 1. The summed E-state index contributed by atoms with van der Waals surface area (Å²) in [6.45, 7) is 8.41. The molecule has 0 aliphatic rings. The molecule has 7 N–H and O–H groups in total. The van der Waals surface area contributed by atoms with Gasteiger partial charge in [-0.2, -0.15) is 12.6 Å². The Morgan fingerprint density at radius 3 is 1.83 bits per heavy atom. The Kier molecular flexibility index (Phi) is 11.8. The van der Waals surface area contributed by atoms with E-state index < -0.39 is 54.0 Å². The fourth-order valence-corrected chi connectivity index (χ4v) is 2.61. The van der Waals surface area contributed by atoms with Crippen molar-refractivity contribution in [3.63, 3.8) is 0 Å². The lowest BCUT2D eigenvalue weighted by molar-refractivity contribution is -0.145. The van der Waals surface area contributed by atoms with Gasteiger partial charge in [0.1, 0.15) is 12.1 Å². The van der Waals surface area contributed by atoms with Crippen LogP contribution in [-0.2, 0) is 19.2 Å². The first-order valence-electron chi connectivity index (χ1n) is 9.55. The molecule has 0 heterocycles. The number of amides is 3. The summed E-state index contributed by atoms with van der Waals surface area (Å²) < 4.78 is 0. The van der Waals surface area contributed by atoms with Crippen molar-refractivity contribution < 1.29 is 29.4 Å². The number of aliphatic hydroxyl groups excluding tert-OH is 1. The van der Waals surface area contributed by atoms with Crippen molar-refractivity contribution in [3.05, 3.63) is 0 Å². The zero-order valence-corrected chi connectivity index (χ0v) is 18.4. The maximum absolute atomic E-state index is 12.8. The second-order valence-corrected chi connectivity index (χ2v) is 7.82. The summed E-state index contributed by atoms with van der Waals surface area (Å²) in [6.07, 6.45) is -0.756. The van der Waals surface area contributed by atoms with Crippen LogP contribution < -0.4 is 21.7 Å². The molecule has 0 fully saturated rings. The van der Waals surface area contributed by atoms with Gasteiger partial charge in [0.2, 0.25) is 17.7 Å². The fourth-order valence-electron chi connectivity index (χ4n) is 2.35. The molecule has 3 amide bonds. The Labute approximate surface area is 176 Å². The molecule has 11 heteroatoms. The van der Waals surface area contributed by atoms with Crippen LogP contribution in [0.5, 0.6) is 0 Å². The van der Waals surface area contributed by atoms with Crippen LogP contribution in [0.15, 0.2) is 0 Å². The molecular formula is C18H34N4O6S. The zero-order valence-electron chi connectivity index (χ0n) is 17.5. The van der Waals surface area contributed by atoms with Crippen molar-refractivity contribution in [2.45, 2.75) is 71.3 Å². The molecule has 0 bridgehead atoms. The molecule has 6 unspecified atom stereocenters. The van der Waals surface area contributed by atoms with Crippen LogP contribution in [0.25, 0.3) is 0 Å². The van der Waals surface area contributed by atoms with Crippen LogP contribution in [0.4, 0.5) is 0 Å². The van der Waals surface area contributed by atoms with Gasteiger partial charge in [-0.3, -0.25) is 14.4 Å². The second-order valence-electron chi connectivity index (χ2n) is 7.45. The number of hydrogen-bond acceptors (Lipinski definition) is 7. The minimum Gasteiger partial charge on any atom is -0.480 e. The third kappa shape index (κ3) is 8.58. The van der Waals surface area contributed by atoms with Gasteiger partial charge in [0, 0.05) is 5.75 Å². The van der Waals surface area contributed by atoms with E-state index in [0.717, 1.165) is 0 Å². The van der Waals surface area contributed by atoms with Gasteiger partial charge in [-0.15, -0.1) is 0 Å². The SMILES string of the molecule is CCC(C)C(NC(=O)C(N)C(C)C)C(=O)NC(CS)C(=O)NC(C(=O)O)C(C)O. The molecule has 0 aromatic heterocycles. The number of rotatable bonds is 12. The lowest BCUT2D eigenvalue weighted by atomic mass is 9.96. The molecular weight excluding hydrogens is 400 g/mol. The van der Waals surface area contributed by atoms with Gasteiger partial charge in [-0.05, 0) is 18.8 Å². The van der Waals surface area contributed by atoms with Gasteiger partial charge >= 0.3 is 5.97 Å². The van der Waals surface area contributed by atoms with E-state index in [2.05, 4.69) is 28.6 Å². The predicted molar refractivity (Wildman–Crippen MR) is 111 cm³/mol. The number of carbonyl (C=O) groups is 4. The van der Waals surface area contributed by atoms with Crippen LogP contribution in [0.1, 0.15) is 41.0 Å². The summed E-state index contributed by atoms with van der Waals surface area (Å²) >= 11 is 4.04. The third-order valence-electron chi connectivity index (χ3n) is 4.68. The van der Waals surface area contributed by atoms with E-state index in [9.17, 15) is 24.3 Å². The molecule has 0 spiro atoms. The normalized spacial score (nSPS) is 17.4. The number of hydrogen-bond donors (Lipinski definition) is 7. The standard InChI is InChI=1S/C18H34N4O6S/c1-6-9(4)13(21-16(25)12(19)8(2)3)17(26)20-11(7-29)15(24)22-14(10(5)23)18(27)28/h8-14,23,29H,6-7,19H2,1-5H3,(H,20,26)(H,21,25)(H,22,24)(H,27,28). The monoisotopic (exact) mass is 434 g/mol. The van der Waals surface area contributed by atoms with Crippen molar-refractivity contribution in [1.82, 2.24) is 16.0 Å². The number of carboxylic acids is 1. The molecule has 0 saturated heterocycles. The Hall–Kier alpha value is -1.85. The number of carbonyl (C=O) groups excluding carboxylic acids is 3. The van der Waals surface area contributed by atoms with E-state index in [4.69, 9.17) is 10.8 Å². The average molecular weight is 435 g/mol. The van der Waals surface area contributed by atoms with Crippen molar-refractivity contribution in [2.75, 3.05) is 5.75 Å². The molecule has 0 rings (SSSR count). The van der Waals surface area contributed by atoms with Crippen molar-refractivity contribution >= 4 is 36.3 Å². The lowest BCUT2D eigenvalue weighted by Crippen LogP contribution is -2.60. The highest BCUT2D eigenvalue weighted by molar-refractivity contribution is 7.80. The maximum Gasteiger partial charge on any atom is 0.328 e.